The van der Waals surface area contributed by atoms with Crippen LogP contribution in [0.2, 0.25) is 0 Å². The Labute approximate surface area is 98.5 Å². The molecule has 0 saturated heterocycles. The Bertz CT molecular complexity index is 483. The zero-order chi connectivity index (χ0) is 11.5. The quantitative estimate of drug-likeness (QED) is 0.875. The number of rotatable bonds is 4. The van der Waals surface area contributed by atoms with Crippen LogP contribution in [0.4, 0.5) is 0 Å². The van der Waals surface area contributed by atoms with Crippen LogP contribution in [0.1, 0.15) is 10.6 Å². The number of ether oxygens (including phenoxy) is 1. The Balaban J connectivity index is 2.29. The molecule has 0 radical (unpaired) electrons. The second kappa shape index (κ2) is 4.86. The van der Waals surface area contributed by atoms with Gasteiger partial charge in [0.25, 0.3) is 0 Å². The molecule has 2 rings (SSSR count). The van der Waals surface area contributed by atoms with Gasteiger partial charge in [0.1, 0.15) is 11.2 Å². The van der Waals surface area contributed by atoms with Crippen LogP contribution in [-0.4, -0.2) is 29.7 Å². The summed E-state index contributed by atoms with van der Waals surface area (Å²) >= 11 is 1.68. The summed E-state index contributed by atoms with van der Waals surface area (Å²) in [5, 5.41) is 1.12. The van der Waals surface area contributed by atoms with Crippen molar-refractivity contribution < 1.29 is 4.74 Å². The van der Waals surface area contributed by atoms with Crippen LogP contribution in [0.15, 0.2) is 12.4 Å². The number of methoxy groups -OCH3 is 1. The van der Waals surface area contributed by atoms with E-state index in [-0.39, 0.29) is 6.04 Å². The normalized spacial score (nSPS) is 13.2. The Kier molecular flexibility index (Phi) is 3.48. The van der Waals surface area contributed by atoms with Crippen molar-refractivity contribution in [2.75, 3.05) is 13.7 Å². The van der Waals surface area contributed by atoms with Gasteiger partial charge < -0.3 is 10.5 Å². The smallest absolute Gasteiger partial charge is 0.127 e. The van der Waals surface area contributed by atoms with Crippen molar-refractivity contribution in [1.29, 1.82) is 0 Å². The Hall–Kier alpha value is -1.04. The van der Waals surface area contributed by atoms with E-state index in [2.05, 4.69) is 23.0 Å². The molecule has 0 aliphatic heterocycles. The first-order valence-electron chi connectivity index (χ1n) is 5.15. The maximum Gasteiger partial charge on any atom is 0.127 e. The topological polar surface area (TPSA) is 61.0 Å². The average Bonchev–Trinajstić information content (AvgIpc) is 2.60. The van der Waals surface area contributed by atoms with Gasteiger partial charge in [0, 0.05) is 29.8 Å². The molecule has 0 aromatic carbocycles. The third kappa shape index (κ3) is 2.37. The summed E-state index contributed by atoms with van der Waals surface area (Å²) in [6.07, 6.45) is 2.33. The highest BCUT2D eigenvalue weighted by Crippen LogP contribution is 2.25. The molecule has 16 heavy (non-hydrogen) atoms. The molecule has 0 fully saturated rings. The molecule has 0 bridgehead atoms. The molecule has 1 unspecified atom stereocenters. The number of aromatic nitrogens is 2. The fourth-order valence-electron chi connectivity index (χ4n) is 1.71. The molecule has 0 amide bonds. The highest BCUT2D eigenvalue weighted by atomic mass is 32.1. The molecule has 4 nitrogen and oxygen atoms in total. The minimum absolute atomic E-state index is 0.0108. The molecule has 2 heterocycles. The lowest BCUT2D eigenvalue weighted by atomic mass is 10.1. The lowest BCUT2D eigenvalue weighted by molar-refractivity contribution is 0.180. The van der Waals surface area contributed by atoms with E-state index in [0.29, 0.717) is 6.61 Å². The largest absolute Gasteiger partial charge is 0.383 e. The molecular weight excluding hydrogens is 222 g/mol. The summed E-state index contributed by atoms with van der Waals surface area (Å²) in [5.74, 6) is 0. The minimum atomic E-state index is -0.0108. The maximum absolute atomic E-state index is 5.93. The molecule has 0 saturated carbocycles. The van der Waals surface area contributed by atoms with Crippen molar-refractivity contribution in [1.82, 2.24) is 9.97 Å². The van der Waals surface area contributed by atoms with E-state index < -0.39 is 0 Å². The number of nitrogens with two attached hydrogens (primary N) is 1. The highest BCUT2D eigenvalue weighted by Gasteiger charge is 2.10. The Morgan fingerprint density at radius 2 is 2.31 bits per heavy atom. The van der Waals surface area contributed by atoms with Gasteiger partial charge in [-0.25, -0.2) is 9.97 Å². The van der Waals surface area contributed by atoms with Crippen molar-refractivity contribution in [3.05, 3.63) is 23.0 Å². The summed E-state index contributed by atoms with van der Waals surface area (Å²) in [5.41, 5.74) is 6.94. The molecule has 2 aromatic heterocycles. The lowest BCUT2D eigenvalue weighted by Crippen LogP contribution is -2.28. The van der Waals surface area contributed by atoms with E-state index in [0.717, 1.165) is 22.3 Å². The summed E-state index contributed by atoms with van der Waals surface area (Å²) in [4.78, 5) is 10.8. The Morgan fingerprint density at radius 1 is 1.50 bits per heavy atom. The fraction of sp³-hybridized carbons (Fsp3) is 0.455. The molecule has 0 aliphatic rings. The number of hydrogen-bond donors (Lipinski definition) is 1. The van der Waals surface area contributed by atoms with Gasteiger partial charge in [-0.2, -0.15) is 0 Å². The van der Waals surface area contributed by atoms with Crippen molar-refractivity contribution in [3.63, 3.8) is 0 Å². The molecule has 0 aliphatic carbocycles. The van der Waals surface area contributed by atoms with Crippen LogP contribution < -0.4 is 5.73 Å². The van der Waals surface area contributed by atoms with E-state index >= 15 is 0 Å². The van der Waals surface area contributed by atoms with Gasteiger partial charge in [-0.05, 0) is 13.0 Å². The monoisotopic (exact) mass is 237 g/mol. The summed E-state index contributed by atoms with van der Waals surface area (Å²) in [7, 11) is 1.66. The minimum Gasteiger partial charge on any atom is -0.383 e. The molecule has 0 spiro atoms. The summed E-state index contributed by atoms with van der Waals surface area (Å²) in [6, 6.07) is 2.11. The van der Waals surface area contributed by atoms with E-state index in [4.69, 9.17) is 10.5 Å². The van der Waals surface area contributed by atoms with E-state index in [1.54, 1.807) is 24.8 Å². The van der Waals surface area contributed by atoms with Crippen molar-refractivity contribution in [2.45, 2.75) is 19.4 Å². The zero-order valence-corrected chi connectivity index (χ0v) is 10.3. The van der Waals surface area contributed by atoms with Crippen molar-refractivity contribution in [3.8, 4) is 0 Å². The van der Waals surface area contributed by atoms with Crippen LogP contribution in [0.5, 0.6) is 0 Å². The lowest BCUT2D eigenvalue weighted by Gasteiger charge is -2.09. The van der Waals surface area contributed by atoms with E-state index in [1.807, 2.05) is 0 Å². The van der Waals surface area contributed by atoms with Crippen molar-refractivity contribution in [2.24, 2.45) is 5.73 Å². The second-order valence-corrected chi connectivity index (χ2v) is 5.05. The zero-order valence-electron chi connectivity index (χ0n) is 9.43. The van der Waals surface area contributed by atoms with Crippen LogP contribution >= 0.6 is 11.3 Å². The molecule has 2 aromatic rings. The summed E-state index contributed by atoms with van der Waals surface area (Å²) in [6.45, 7) is 2.62. The van der Waals surface area contributed by atoms with Crippen LogP contribution in [0.3, 0.4) is 0 Å². The van der Waals surface area contributed by atoms with Gasteiger partial charge in [0.15, 0.2) is 0 Å². The van der Waals surface area contributed by atoms with Crippen LogP contribution in [-0.2, 0) is 11.2 Å². The number of thiophene rings is 1. The molecular formula is C11H15N3OS. The van der Waals surface area contributed by atoms with Crippen LogP contribution in [0, 0.1) is 6.92 Å². The predicted octanol–water partition coefficient (Wildman–Crippen LogP) is 1.52. The average molecular weight is 237 g/mol. The van der Waals surface area contributed by atoms with E-state index in [1.165, 1.54) is 4.88 Å². The standard InChI is InChI=1S/C11H15N3OS/c1-7-3-9-10(4-8(12)5-15-2)13-6-14-11(9)16-7/h3,6,8H,4-5,12H2,1-2H3. The van der Waals surface area contributed by atoms with Gasteiger partial charge in [-0.1, -0.05) is 0 Å². The second-order valence-electron chi connectivity index (χ2n) is 3.82. The number of aryl methyl sites for hydroxylation is 1. The van der Waals surface area contributed by atoms with Gasteiger partial charge in [0.2, 0.25) is 0 Å². The van der Waals surface area contributed by atoms with Gasteiger partial charge in [-0.15, -0.1) is 11.3 Å². The first-order valence-corrected chi connectivity index (χ1v) is 5.97. The number of nitrogens with zero attached hydrogens (tertiary/aromatic N) is 2. The number of fused-ring (bicyclic) bond motifs is 1. The first kappa shape index (κ1) is 11.4. The van der Waals surface area contributed by atoms with Gasteiger partial charge in [0.05, 0.1) is 12.3 Å². The summed E-state index contributed by atoms with van der Waals surface area (Å²) < 4.78 is 5.03. The van der Waals surface area contributed by atoms with Crippen LogP contribution in [0.25, 0.3) is 10.2 Å². The highest BCUT2D eigenvalue weighted by molar-refractivity contribution is 7.18. The number of hydrogen-bond acceptors (Lipinski definition) is 5. The SMILES string of the molecule is COCC(N)Cc1ncnc2sc(C)cc12. The van der Waals surface area contributed by atoms with Gasteiger partial charge >= 0.3 is 0 Å². The molecule has 2 N–H and O–H groups in total. The fourth-order valence-corrected chi connectivity index (χ4v) is 2.58. The predicted molar refractivity (Wildman–Crippen MR) is 65.7 cm³/mol. The maximum atomic E-state index is 5.93. The van der Waals surface area contributed by atoms with E-state index in [9.17, 15) is 0 Å². The third-order valence-corrected chi connectivity index (χ3v) is 3.33. The molecule has 5 heteroatoms. The van der Waals surface area contributed by atoms with Crippen molar-refractivity contribution >= 4 is 21.6 Å². The Morgan fingerprint density at radius 3 is 3.06 bits per heavy atom. The molecule has 86 valence electrons. The molecule has 1 atom stereocenters. The van der Waals surface area contributed by atoms with Gasteiger partial charge in [-0.3, -0.25) is 0 Å². The third-order valence-electron chi connectivity index (χ3n) is 2.37. The first-order chi connectivity index (χ1) is 7.70.